The minimum Gasteiger partial charge on any atom is -0.382 e. The first-order chi connectivity index (χ1) is 9.83. The second kappa shape index (κ2) is 6.10. The Morgan fingerprint density at radius 1 is 0.900 bits per heavy atom. The third-order valence-corrected chi connectivity index (χ3v) is 4.09. The molecule has 0 saturated carbocycles. The highest BCUT2D eigenvalue weighted by atomic mass is 15.1. The van der Waals surface area contributed by atoms with Gasteiger partial charge < -0.3 is 10.2 Å². The van der Waals surface area contributed by atoms with Crippen molar-refractivity contribution in [3.05, 3.63) is 54.6 Å². The van der Waals surface area contributed by atoms with Crippen LogP contribution in [0, 0.1) is 0 Å². The highest BCUT2D eigenvalue weighted by molar-refractivity contribution is 5.77. The van der Waals surface area contributed by atoms with Crippen molar-refractivity contribution < 1.29 is 0 Å². The van der Waals surface area contributed by atoms with E-state index in [9.17, 15) is 0 Å². The molecular weight excluding hydrogens is 244 g/mol. The van der Waals surface area contributed by atoms with E-state index in [0.717, 1.165) is 0 Å². The van der Waals surface area contributed by atoms with Gasteiger partial charge >= 0.3 is 0 Å². The lowest BCUT2D eigenvalue weighted by atomic mass is 10.0. The zero-order valence-corrected chi connectivity index (χ0v) is 12.0. The lowest BCUT2D eigenvalue weighted by molar-refractivity contribution is 0.264. The molecule has 2 nitrogen and oxygen atoms in total. The maximum atomic E-state index is 3.74. The maximum absolute atomic E-state index is 3.74. The molecule has 1 aliphatic rings. The van der Waals surface area contributed by atoms with Crippen molar-refractivity contribution >= 4 is 5.69 Å². The normalized spacial score (nSPS) is 17.1. The van der Waals surface area contributed by atoms with E-state index in [1.807, 2.05) is 0 Å². The Bertz CT molecular complexity index is 542. The van der Waals surface area contributed by atoms with E-state index in [2.05, 4.69) is 71.9 Å². The molecule has 1 fully saturated rings. The van der Waals surface area contributed by atoms with Gasteiger partial charge in [-0.3, -0.25) is 0 Å². The van der Waals surface area contributed by atoms with E-state index in [0.29, 0.717) is 6.04 Å². The molecule has 0 spiro atoms. The summed E-state index contributed by atoms with van der Waals surface area (Å²) in [5.74, 6) is 0. The molecular formula is C18H22N2. The number of benzene rings is 2. The van der Waals surface area contributed by atoms with Gasteiger partial charge in [0.05, 0.1) is 0 Å². The Labute approximate surface area is 121 Å². The van der Waals surface area contributed by atoms with Gasteiger partial charge in [0, 0.05) is 17.3 Å². The molecule has 3 rings (SSSR count). The monoisotopic (exact) mass is 266 g/mol. The minimum atomic E-state index is 0.594. The first-order valence-corrected chi connectivity index (χ1v) is 7.42. The van der Waals surface area contributed by atoms with Crippen LogP contribution in [-0.4, -0.2) is 31.1 Å². The summed E-state index contributed by atoms with van der Waals surface area (Å²) in [5, 5.41) is 3.74. The quantitative estimate of drug-likeness (QED) is 0.907. The third-order valence-electron chi connectivity index (χ3n) is 4.09. The van der Waals surface area contributed by atoms with Gasteiger partial charge in [0.2, 0.25) is 0 Å². The Morgan fingerprint density at radius 2 is 1.55 bits per heavy atom. The molecule has 1 heterocycles. The third kappa shape index (κ3) is 3.02. The van der Waals surface area contributed by atoms with Crippen molar-refractivity contribution in [2.75, 3.05) is 25.5 Å². The molecule has 0 radical (unpaired) electrons. The fourth-order valence-electron chi connectivity index (χ4n) is 2.85. The zero-order valence-electron chi connectivity index (χ0n) is 12.0. The summed E-state index contributed by atoms with van der Waals surface area (Å²) in [6.07, 6.45) is 2.44. The molecule has 0 aromatic heterocycles. The number of hydrogen-bond acceptors (Lipinski definition) is 2. The number of piperidine rings is 1. The molecule has 0 aliphatic carbocycles. The van der Waals surface area contributed by atoms with Crippen LogP contribution < -0.4 is 5.32 Å². The molecule has 2 aromatic carbocycles. The largest absolute Gasteiger partial charge is 0.382 e. The van der Waals surface area contributed by atoms with Crippen molar-refractivity contribution in [2.45, 2.75) is 18.9 Å². The molecule has 1 saturated heterocycles. The van der Waals surface area contributed by atoms with E-state index in [-0.39, 0.29) is 0 Å². The van der Waals surface area contributed by atoms with E-state index >= 15 is 0 Å². The summed E-state index contributed by atoms with van der Waals surface area (Å²) in [5.41, 5.74) is 3.84. The molecule has 0 amide bonds. The summed E-state index contributed by atoms with van der Waals surface area (Å²) >= 11 is 0. The van der Waals surface area contributed by atoms with Crippen LogP contribution in [0.25, 0.3) is 11.1 Å². The predicted molar refractivity (Wildman–Crippen MR) is 86.0 cm³/mol. The molecule has 1 N–H and O–H groups in total. The Hall–Kier alpha value is -1.80. The molecule has 0 unspecified atom stereocenters. The van der Waals surface area contributed by atoms with Crippen LogP contribution in [0.1, 0.15) is 12.8 Å². The van der Waals surface area contributed by atoms with Crippen molar-refractivity contribution in [3.8, 4) is 11.1 Å². The molecule has 20 heavy (non-hydrogen) atoms. The van der Waals surface area contributed by atoms with Crippen LogP contribution in [0.2, 0.25) is 0 Å². The fraction of sp³-hybridized carbons (Fsp3) is 0.333. The highest BCUT2D eigenvalue weighted by Gasteiger charge is 2.17. The average Bonchev–Trinajstić information content (AvgIpc) is 2.51. The van der Waals surface area contributed by atoms with Gasteiger partial charge in [-0.1, -0.05) is 48.5 Å². The molecule has 1 aliphatic heterocycles. The number of nitrogens with zero attached hydrogens (tertiary/aromatic N) is 1. The van der Waals surface area contributed by atoms with Gasteiger partial charge in [-0.05, 0) is 44.6 Å². The first-order valence-electron chi connectivity index (χ1n) is 7.42. The Balaban J connectivity index is 1.80. The molecule has 2 aromatic rings. The minimum absolute atomic E-state index is 0.594. The van der Waals surface area contributed by atoms with E-state index in [1.54, 1.807) is 0 Å². The SMILES string of the molecule is CN1CCC(Nc2ccccc2-c2ccccc2)CC1. The molecule has 0 bridgehead atoms. The van der Waals surface area contributed by atoms with Crippen LogP contribution in [0.5, 0.6) is 0 Å². The first kappa shape index (κ1) is 13.2. The standard InChI is InChI=1S/C18H22N2/c1-20-13-11-16(12-14-20)19-18-10-6-5-9-17(18)15-7-3-2-4-8-15/h2-10,16,19H,11-14H2,1H3. The Kier molecular flexibility index (Phi) is 4.03. The van der Waals surface area contributed by atoms with Crippen LogP contribution in [0.4, 0.5) is 5.69 Å². The molecule has 104 valence electrons. The van der Waals surface area contributed by atoms with Crippen LogP contribution >= 0.6 is 0 Å². The predicted octanol–water partition coefficient (Wildman–Crippen LogP) is 3.86. The second-order valence-corrected chi connectivity index (χ2v) is 5.63. The van der Waals surface area contributed by atoms with Gasteiger partial charge in [-0.25, -0.2) is 0 Å². The van der Waals surface area contributed by atoms with Crippen molar-refractivity contribution in [2.24, 2.45) is 0 Å². The van der Waals surface area contributed by atoms with Crippen molar-refractivity contribution in [1.29, 1.82) is 0 Å². The second-order valence-electron chi connectivity index (χ2n) is 5.63. The maximum Gasteiger partial charge on any atom is 0.0422 e. The van der Waals surface area contributed by atoms with Crippen LogP contribution in [0.3, 0.4) is 0 Å². The number of para-hydroxylation sites is 1. The van der Waals surface area contributed by atoms with Gasteiger partial charge in [0.25, 0.3) is 0 Å². The number of nitrogens with one attached hydrogen (secondary N) is 1. The van der Waals surface area contributed by atoms with Crippen LogP contribution in [-0.2, 0) is 0 Å². The van der Waals surface area contributed by atoms with Gasteiger partial charge in [-0.15, -0.1) is 0 Å². The lowest BCUT2D eigenvalue weighted by Crippen LogP contribution is -2.36. The average molecular weight is 266 g/mol. The molecule has 0 atom stereocenters. The Morgan fingerprint density at radius 3 is 2.30 bits per heavy atom. The fourth-order valence-corrected chi connectivity index (χ4v) is 2.85. The molecule has 2 heteroatoms. The zero-order chi connectivity index (χ0) is 13.8. The number of likely N-dealkylation sites (tertiary alicyclic amines) is 1. The number of rotatable bonds is 3. The van der Waals surface area contributed by atoms with E-state index in [1.165, 1.54) is 42.7 Å². The van der Waals surface area contributed by atoms with E-state index in [4.69, 9.17) is 0 Å². The van der Waals surface area contributed by atoms with Gasteiger partial charge in [0.1, 0.15) is 0 Å². The van der Waals surface area contributed by atoms with Crippen molar-refractivity contribution in [3.63, 3.8) is 0 Å². The summed E-state index contributed by atoms with van der Waals surface area (Å²) in [6.45, 7) is 2.37. The van der Waals surface area contributed by atoms with Gasteiger partial charge in [0.15, 0.2) is 0 Å². The van der Waals surface area contributed by atoms with E-state index < -0.39 is 0 Å². The number of hydrogen-bond donors (Lipinski definition) is 1. The van der Waals surface area contributed by atoms with Crippen LogP contribution in [0.15, 0.2) is 54.6 Å². The van der Waals surface area contributed by atoms with Crippen molar-refractivity contribution in [1.82, 2.24) is 4.90 Å². The smallest absolute Gasteiger partial charge is 0.0422 e. The summed E-state index contributed by atoms with van der Waals surface area (Å²) in [4.78, 5) is 2.40. The summed E-state index contributed by atoms with van der Waals surface area (Å²) in [7, 11) is 2.20. The summed E-state index contributed by atoms with van der Waals surface area (Å²) < 4.78 is 0. The highest BCUT2D eigenvalue weighted by Crippen LogP contribution is 2.29. The lowest BCUT2D eigenvalue weighted by Gasteiger charge is -2.30. The summed E-state index contributed by atoms with van der Waals surface area (Å²) in [6, 6.07) is 19.8. The topological polar surface area (TPSA) is 15.3 Å². The van der Waals surface area contributed by atoms with Gasteiger partial charge in [-0.2, -0.15) is 0 Å². The number of anilines is 1.